The molecule has 0 aliphatic heterocycles. The molecule has 0 N–H and O–H groups in total. The molecule has 21 heavy (non-hydrogen) atoms. The highest BCUT2D eigenvalue weighted by Gasteiger charge is 2.13. The van der Waals surface area contributed by atoms with E-state index in [0.717, 1.165) is 27.9 Å². The minimum Gasteiger partial charge on any atom is -0.436 e. The fourth-order valence-corrected chi connectivity index (χ4v) is 2.45. The summed E-state index contributed by atoms with van der Waals surface area (Å²) in [4.78, 5) is 4.56. The molecule has 4 aromatic rings. The molecule has 2 aromatic heterocycles. The van der Waals surface area contributed by atoms with Crippen molar-refractivity contribution >= 4 is 11.1 Å². The van der Waals surface area contributed by atoms with Crippen molar-refractivity contribution in [1.29, 1.82) is 0 Å². The molecule has 0 amide bonds. The summed E-state index contributed by atoms with van der Waals surface area (Å²) in [5, 5.41) is 7.70. The summed E-state index contributed by atoms with van der Waals surface area (Å²) < 4.78 is 7.73. The van der Waals surface area contributed by atoms with Gasteiger partial charge in [0.25, 0.3) is 0 Å². The molecule has 0 atom stereocenters. The molecule has 0 unspecified atom stereocenters. The number of oxazole rings is 1. The van der Waals surface area contributed by atoms with Gasteiger partial charge in [-0.1, -0.05) is 18.2 Å². The third-order valence-corrected chi connectivity index (χ3v) is 3.53. The average molecular weight is 276 g/mol. The minimum atomic E-state index is 0.628. The smallest absolute Gasteiger partial charge is 0.227 e. The summed E-state index contributed by atoms with van der Waals surface area (Å²) >= 11 is 0. The summed E-state index contributed by atoms with van der Waals surface area (Å²) in [7, 11) is 0. The minimum absolute atomic E-state index is 0.628. The lowest BCUT2D eigenvalue weighted by atomic mass is 10.1. The molecule has 0 fully saturated rings. The van der Waals surface area contributed by atoms with Crippen LogP contribution in [-0.4, -0.2) is 19.7 Å². The van der Waals surface area contributed by atoms with Gasteiger partial charge in [0, 0.05) is 5.56 Å². The van der Waals surface area contributed by atoms with Gasteiger partial charge in [-0.25, -0.2) is 4.98 Å². The van der Waals surface area contributed by atoms with E-state index < -0.39 is 0 Å². The molecule has 0 spiro atoms. The van der Waals surface area contributed by atoms with E-state index in [1.54, 1.807) is 12.7 Å². The van der Waals surface area contributed by atoms with Crippen molar-refractivity contribution in [1.82, 2.24) is 19.7 Å². The monoisotopic (exact) mass is 276 g/mol. The topological polar surface area (TPSA) is 56.7 Å². The highest BCUT2D eigenvalue weighted by molar-refractivity contribution is 5.77. The van der Waals surface area contributed by atoms with Gasteiger partial charge in [0.1, 0.15) is 18.2 Å². The van der Waals surface area contributed by atoms with Crippen LogP contribution in [-0.2, 0) is 0 Å². The molecule has 0 aliphatic carbocycles. The maximum Gasteiger partial charge on any atom is 0.227 e. The van der Waals surface area contributed by atoms with E-state index >= 15 is 0 Å². The number of aromatic nitrogens is 4. The zero-order valence-electron chi connectivity index (χ0n) is 11.4. The predicted octanol–water partition coefficient (Wildman–Crippen LogP) is 3.38. The van der Waals surface area contributed by atoms with Crippen LogP contribution < -0.4 is 0 Å². The summed E-state index contributed by atoms with van der Waals surface area (Å²) in [5.74, 6) is 0.628. The molecule has 0 saturated heterocycles. The highest BCUT2D eigenvalue weighted by atomic mass is 16.3. The third kappa shape index (κ3) is 1.90. The summed E-state index contributed by atoms with van der Waals surface area (Å²) in [6, 6.07) is 13.8. The first kappa shape index (κ1) is 11.8. The Labute approximate surface area is 120 Å². The number of fused-ring (bicyclic) bond motifs is 1. The van der Waals surface area contributed by atoms with E-state index in [1.807, 2.05) is 54.0 Å². The number of para-hydroxylation sites is 2. The first-order chi connectivity index (χ1) is 10.3. The van der Waals surface area contributed by atoms with Gasteiger partial charge >= 0.3 is 0 Å². The molecule has 5 heteroatoms. The van der Waals surface area contributed by atoms with Gasteiger partial charge in [0.15, 0.2) is 5.58 Å². The second kappa shape index (κ2) is 4.56. The van der Waals surface area contributed by atoms with Crippen LogP contribution in [0, 0.1) is 6.92 Å². The fraction of sp³-hybridized carbons (Fsp3) is 0.0625. The molecular formula is C16H12N4O. The van der Waals surface area contributed by atoms with E-state index in [9.17, 15) is 0 Å². The van der Waals surface area contributed by atoms with E-state index in [-0.39, 0.29) is 0 Å². The van der Waals surface area contributed by atoms with Crippen LogP contribution in [0.3, 0.4) is 0 Å². The number of hydrogen-bond acceptors (Lipinski definition) is 4. The maximum atomic E-state index is 5.86. The number of nitrogens with zero attached hydrogens (tertiary/aromatic N) is 4. The molecular weight excluding hydrogens is 264 g/mol. The lowest BCUT2D eigenvalue weighted by Crippen LogP contribution is -1.96. The lowest BCUT2D eigenvalue weighted by molar-refractivity contribution is 0.619. The second-order valence-corrected chi connectivity index (χ2v) is 4.81. The van der Waals surface area contributed by atoms with Gasteiger partial charge in [0.2, 0.25) is 5.89 Å². The van der Waals surface area contributed by atoms with Crippen molar-refractivity contribution in [3.63, 3.8) is 0 Å². The Bertz CT molecular complexity index is 876. The van der Waals surface area contributed by atoms with Crippen LogP contribution >= 0.6 is 0 Å². The lowest BCUT2D eigenvalue weighted by Gasteiger charge is -2.08. The van der Waals surface area contributed by atoms with Gasteiger partial charge in [-0.15, -0.1) is 10.2 Å². The third-order valence-electron chi connectivity index (χ3n) is 3.53. The van der Waals surface area contributed by atoms with Gasteiger partial charge < -0.3 is 4.42 Å². The van der Waals surface area contributed by atoms with Crippen LogP contribution in [0.25, 0.3) is 28.2 Å². The first-order valence-corrected chi connectivity index (χ1v) is 6.63. The Balaban J connectivity index is 1.90. The van der Waals surface area contributed by atoms with E-state index in [2.05, 4.69) is 15.2 Å². The number of hydrogen-bond donors (Lipinski definition) is 0. The molecule has 0 radical (unpaired) electrons. The van der Waals surface area contributed by atoms with Crippen molar-refractivity contribution in [3.05, 3.63) is 60.7 Å². The standard InChI is InChI=1S/C16H12N4O/c1-11-12(5-4-7-14(11)20-9-17-18-10-20)16-19-13-6-2-3-8-15(13)21-16/h2-10H,1H3. The summed E-state index contributed by atoms with van der Waals surface area (Å²) in [5.41, 5.74) is 4.71. The van der Waals surface area contributed by atoms with Crippen molar-refractivity contribution in [2.75, 3.05) is 0 Å². The first-order valence-electron chi connectivity index (χ1n) is 6.63. The number of benzene rings is 2. The largest absolute Gasteiger partial charge is 0.436 e. The molecule has 102 valence electrons. The quantitative estimate of drug-likeness (QED) is 0.563. The molecule has 0 saturated carbocycles. The number of rotatable bonds is 2. The van der Waals surface area contributed by atoms with Crippen molar-refractivity contribution in [2.24, 2.45) is 0 Å². The fourth-order valence-electron chi connectivity index (χ4n) is 2.45. The summed E-state index contributed by atoms with van der Waals surface area (Å²) in [6.45, 7) is 2.04. The highest BCUT2D eigenvalue weighted by Crippen LogP contribution is 2.29. The van der Waals surface area contributed by atoms with Gasteiger partial charge in [-0.3, -0.25) is 4.57 Å². The van der Waals surface area contributed by atoms with Crippen LogP contribution in [0.4, 0.5) is 0 Å². The van der Waals surface area contributed by atoms with Gasteiger partial charge in [0.05, 0.1) is 5.69 Å². The Hall–Kier alpha value is -2.95. The van der Waals surface area contributed by atoms with Crippen LogP contribution in [0.15, 0.2) is 59.5 Å². The molecule has 0 bridgehead atoms. The van der Waals surface area contributed by atoms with Crippen molar-refractivity contribution in [3.8, 4) is 17.1 Å². The molecule has 5 nitrogen and oxygen atoms in total. The van der Waals surface area contributed by atoms with E-state index in [4.69, 9.17) is 4.42 Å². The Morgan fingerprint density at radius 2 is 1.76 bits per heavy atom. The zero-order valence-corrected chi connectivity index (χ0v) is 11.4. The Morgan fingerprint density at radius 1 is 0.952 bits per heavy atom. The maximum absolute atomic E-state index is 5.86. The normalized spacial score (nSPS) is 11.1. The van der Waals surface area contributed by atoms with Gasteiger partial charge in [-0.2, -0.15) is 0 Å². The van der Waals surface area contributed by atoms with Crippen LogP contribution in [0.2, 0.25) is 0 Å². The molecule has 2 heterocycles. The Morgan fingerprint density at radius 3 is 2.57 bits per heavy atom. The van der Waals surface area contributed by atoms with Crippen LogP contribution in [0.1, 0.15) is 5.56 Å². The summed E-state index contributed by atoms with van der Waals surface area (Å²) in [6.07, 6.45) is 3.36. The van der Waals surface area contributed by atoms with Gasteiger partial charge in [-0.05, 0) is 36.8 Å². The van der Waals surface area contributed by atoms with Crippen molar-refractivity contribution in [2.45, 2.75) is 6.92 Å². The average Bonchev–Trinajstić information content (AvgIpc) is 3.16. The molecule has 2 aromatic carbocycles. The van der Waals surface area contributed by atoms with E-state index in [1.165, 1.54) is 0 Å². The Kier molecular flexibility index (Phi) is 2.57. The zero-order chi connectivity index (χ0) is 14.2. The SMILES string of the molecule is Cc1c(-c2nc3ccccc3o2)cccc1-n1cnnc1. The molecule has 4 rings (SSSR count). The predicted molar refractivity (Wildman–Crippen MR) is 79.1 cm³/mol. The second-order valence-electron chi connectivity index (χ2n) is 4.81. The molecule has 0 aliphatic rings. The van der Waals surface area contributed by atoms with Crippen LogP contribution in [0.5, 0.6) is 0 Å². The van der Waals surface area contributed by atoms with Crippen molar-refractivity contribution < 1.29 is 4.42 Å². The van der Waals surface area contributed by atoms with E-state index in [0.29, 0.717) is 5.89 Å².